The Balaban J connectivity index is 0.00000102. The molecule has 0 aliphatic rings. The molecule has 0 saturated carbocycles. The zero-order valence-corrected chi connectivity index (χ0v) is 27.3. The second-order valence-corrected chi connectivity index (χ2v) is 14.3. The summed E-state index contributed by atoms with van der Waals surface area (Å²) in [5.41, 5.74) is 4.68. The lowest BCUT2D eigenvalue weighted by atomic mass is 10.0. The van der Waals surface area contributed by atoms with E-state index in [1.807, 2.05) is 36.6 Å². The number of amides is 1. The Labute approximate surface area is 265 Å². The molecule has 1 amide bonds. The Morgan fingerprint density at radius 1 is 0.956 bits per heavy atom. The van der Waals surface area contributed by atoms with Gasteiger partial charge in [0.2, 0.25) is 15.7 Å². The van der Waals surface area contributed by atoms with Gasteiger partial charge in [-0.25, -0.2) is 36.9 Å². The molecule has 19 heteroatoms. The number of hydrogen-bond acceptors (Lipinski definition) is 11. The zero-order valence-electron chi connectivity index (χ0n) is 24.1. The normalized spacial score (nSPS) is 12.4. The Kier molecular flexibility index (Phi) is 11.7. The molecular weight excluding hydrogens is 672 g/mol. The Morgan fingerprint density at radius 2 is 1.49 bits per heavy atom. The van der Waals surface area contributed by atoms with Crippen LogP contribution in [0.15, 0.2) is 80.4 Å². The van der Waals surface area contributed by atoms with Crippen molar-refractivity contribution in [2.45, 2.75) is 42.5 Å². The van der Waals surface area contributed by atoms with Crippen molar-refractivity contribution in [3.8, 4) is 11.1 Å². The highest BCUT2D eigenvalue weighted by molar-refractivity contribution is 7.91. The van der Waals surface area contributed by atoms with E-state index >= 15 is 0 Å². The van der Waals surface area contributed by atoms with E-state index in [9.17, 15) is 21.6 Å². The Bertz CT molecular complexity index is 1910. The molecule has 2 aromatic carbocycles. The molecule has 2 heterocycles. The number of rotatable bonds is 9. The van der Waals surface area contributed by atoms with Crippen LogP contribution in [0.3, 0.4) is 0 Å². The maximum atomic E-state index is 13.0. The van der Waals surface area contributed by atoms with E-state index < -0.39 is 34.6 Å². The number of carbonyl (C=O) groups excluding carboxylic acids is 1. The van der Waals surface area contributed by atoms with Crippen molar-refractivity contribution in [2.24, 2.45) is 16.6 Å². The molecule has 2 aromatic heterocycles. The van der Waals surface area contributed by atoms with Crippen LogP contribution in [0.2, 0.25) is 0 Å². The van der Waals surface area contributed by atoms with E-state index in [4.69, 9.17) is 23.8 Å². The smallest absolute Gasteiger partial charge is 0.290 e. The number of carbonyl (C=O) groups is 1. The number of hydrogen-bond donors (Lipinski definition) is 2. The van der Waals surface area contributed by atoms with E-state index in [2.05, 4.69) is 39.1 Å². The molecule has 15 nitrogen and oxygen atoms in total. The molecule has 0 bridgehead atoms. The van der Waals surface area contributed by atoms with Crippen molar-refractivity contribution in [3.05, 3.63) is 82.9 Å². The fraction of sp³-hybridized carbons (Fsp3) is 0.231. The molecule has 45 heavy (non-hydrogen) atoms. The fourth-order valence-electron chi connectivity index (χ4n) is 4.06. The van der Waals surface area contributed by atoms with E-state index in [1.165, 1.54) is 31.3 Å². The summed E-state index contributed by atoms with van der Waals surface area (Å²) in [7, 11) is -11.9. The van der Waals surface area contributed by atoms with Crippen LogP contribution >= 0.6 is 11.3 Å². The van der Waals surface area contributed by atoms with Gasteiger partial charge in [-0.3, -0.25) is 4.79 Å². The van der Waals surface area contributed by atoms with Crippen LogP contribution < -0.4 is 38.5 Å². The number of sulfonamides is 2. The lowest BCUT2D eigenvalue weighted by Gasteiger charge is -2.17. The van der Waals surface area contributed by atoms with Crippen LogP contribution in [0.5, 0.6) is 0 Å². The summed E-state index contributed by atoms with van der Waals surface area (Å²) in [6.07, 6.45) is 1.49. The van der Waals surface area contributed by atoms with Gasteiger partial charge in [-0.2, -0.15) is 13.0 Å². The zero-order chi connectivity index (χ0) is 33.6. The molecular formula is C26H29ClN6O9S3. The van der Waals surface area contributed by atoms with Crippen LogP contribution in [0.4, 0.5) is 5.69 Å². The summed E-state index contributed by atoms with van der Waals surface area (Å²) in [6.45, 7) is 4.19. The third-order valence-electron chi connectivity index (χ3n) is 6.04. The summed E-state index contributed by atoms with van der Waals surface area (Å²) in [5.74, 6) is -0.255. The highest BCUT2D eigenvalue weighted by Gasteiger charge is 2.22. The second-order valence-electron chi connectivity index (χ2n) is 9.22. The monoisotopic (exact) mass is 700 g/mol. The third kappa shape index (κ3) is 10.5. The molecule has 3 N–H and O–H groups in total. The highest BCUT2D eigenvalue weighted by atomic mass is 35.7. The molecule has 0 aliphatic heterocycles. The number of nitrogens with two attached hydrogens (primary N) is 1. The molecule has 0 saturated heterocycles. The predicted molar refractivity (Wildman–Crippen MR) is 151 cm³/mol. The van der Waals surface area contributed by atoms with Gasteiger partial charge in [0.25, 0.3) is 26.0 Å². The third-order valence-corrected chi connectivity index (χ3v) is 9.74. The fourth-order valence-corrected chi connectivity index (χ4v) is 6.83. The SMILES string of the molecule is CCc1cc(-c2ccccc2)cc(CC)[n+]1CC(=O)Nc1ccc(S(=O)(=O)N=c2sc(S(N)(=O)=O)nn2C)cc1.[O-][Cl+3]([O-])([O-])[O-]. The van der Waals surface area contributed by atoms with Gasteiger partial charge >= 0.3 is 0 Å². The predicted octanol–water partition coefficient (Wildman–Crippen LogP) is -2.62. The van der Waals surface area contributed by atoms with Crippen LogP contribution in [-0.2, 0) is 51.3 Å². The van der Waals surface area contributed by atoms with Gasteiger partial charge in [0.1, 0.15) is 0 Å². The van der Waals surface area contributed by atoms with Gasteiger partial charge in [0.05, 0.1) is 4.90 Å². The number of pyridine rings is 1. The molecule has 0 radical (unpaired) electrons. The number of aromatic nitrogens is 3. The summed E-state index contributed by atoms with van der Waals surface area (Å²) < 4.78 is 88.8. The van der Waals surface area contributed by atoms with Crippen molar-refractivity contribution < 1.29 is 55.1 Å². The van der Waals surface area contributed by atoms with Crippen LogP contribution in [0, 0.1) is 10.2 Å². The Morgan fingerprint density at radius 3 is 1.96 bits per heavy atom. The molecule has 4 rings (SSSR count). The Hall–Kier alpha value is -3.59. The second kappa shape index (κ2) is 14.7. The topological polar surface area (TPSA) is 250 Å². The average Bonchev–Trinajstić information content (AvgIpc) is 3.32. The summed E-state index contributed by atoms with van der Waals surface area (Å²) in [4.78, 5) is 12.7. The first-order chi connectivity index (χ1) is 20.9. The van der Waals surface area contributed by atoms with E-state index in [0.717, 1.165) is 40.0 Å². The van der Waals surface area contributed by atoms with E-state index in [1.54, 1.807) is 0 Å². The molecule has 0 atom stereocenters. The van der Waals surface area contributed by atoms with Crippen LogP contribution in [-0.4, -0.2) is 32.5 Å². The molecule has 0 spiro atoms. The number of primary sulfonamides is 1. The lowest BCUT2D eigenvalue weighted by molar-refractivity contribution is -2.00. The minimum atomic E-state index is -4.94. The van der Waals surface area contributed by atoms with Gasteiger partial charge in [0, 0.05) is 37.7 Å². The average molecular weight is 701 g/mol. The maximum absolute atomic E-state index is 13.0. The van der Waals surface area contributed by atoms with Crippen molar-refractivity contribution in [1.82, 2.24) is 9.78 Å². The largest absolute Gasteiger partial charge is 0.321 e. The van der Waals surface area contributed by atoms with Crippen molar-refractivity contribution in [2.75, 3.05) is 5.32 Å². The minimum absolute atomic E-state index is 0.102. The van der Waals surface area contributed by atoms with Crippen molar-refractivity contribution in [1.29, 1.82) is 0 Å². The lowest BCUT2D eigenvalue weighted by Crippen LogP contribution is -2.68. The quantitative estimate of drug-likeness (QED) is 0.172. The first kappa shape index (κ1) is 35.9. The van der Waals surface area contributed by atoms with Crippen LogP contribution in [0.25, 0.3) is 11.1 Å². The maximum Gasteiger partial charge on any atom is 0.290 e. The van der Waals surface area contributed by atoms with Crippen LogP contribution in [0.1, 0.15) is 25.2 Å². The van der Waals surface area contributed by atoms with Gasteiger partial charge in [-0.05, 0) is 35.4 Å². The number of anilines is 1. The number of benzene rings is 2. The molecule has 0 unspecified atom stereocenters. The molecule has 0 fully saturated rings. The molecule has 0 aliphatic carbocycles. The van der Waals surface area contributed by atoms with E-state index in [0.29, 0.717) is 17.0 Å². The summed E-state index contributed by atoms with van der Waals surface area (Å²) in [5, 5.41) is 11.6. The standard InChI is InChI=1S/C26H28N6O5S3.ClHO4/c1-4-21-15-19(18-9-7-6-8-10-18)16-22(5-2)32(21)17-24(33)28-20-11-13-23(14-12-20)40(36,37)30-25-31(3)29-26(38-25)39(27,34)35;2-1(3,4)5/h6-16H,4-5,17H2,1-3H3,(H2-,27,28,33,34,35);(H,2,3,4,5). The number of halogens is 1. The van der Waals surface area contributed by atoms with Gasteiger partial charge in [-0.15, -0.1) is 19.7 Å². The number of nitrogens with zero attached hydrogens (tertiary/aromatic N) is 4. The first-order valence-electron chi connectivity index (χ1n) is 12.9. The molecule has 4 aromatic rings. The van der Waals surface area contributed by atoms with Gasteiger partial charge < -0.3 is 5.32 Å². The summed E-state index contributed by atoms with van der Waals surface area (Å²) >= 11 is 0.540. The van der Waals surface area contributed by atoms with Gasteiger partial charge in [-0.1, -0.05) is 55.5 Å². The van der Waals surface area contributed by atoms with Crippen molar-refractivity contribution >= 4 is 43.0 Å². The first-order valence-corrected chi connectivity index (χ1v) is 18.0. The number of nitrogens with one attached hydrogen (secondary N) is 1. The minimum Gasteiger partial charge on any atom is -0.321 e. The molecule has 242 valence electrons. The summed E-state index contributed by atoms with van der Waals surface area (Å²) in [6, 6.07) is 19.8. The van der Waals surface area contributed by atoms with Crippen molar-refractivity contribution in [3.63, 3.8) is 0 Å². The highest BCUT2D eigenvalue weighted by Crippen LogP contribution is 2.21. The number of aryl methyl sites for hydroxylation is 3. The van der Waals surface area contributed by atoms with Gasteiger partial charge in [0.15, 0.2) is 11.4 Å². The van der Waals surface area contributed by atoms with E-state index in [-0.39, 0.29) is 22.1 Å².